The first-order valence-corrected chi connectivity index (χ1v) is 6.31. The molecule has 0 atom stereocenters. The molecule has 0 fully saturated rings. The largest absolute Gasteiger partial charge is 0.461 e. The van der Waals surface area contributed by atoms with Crippen molar-refractivity contribution in [1.82, 2.24) is 4.90 Å². The van der Waals surface area contributed by atoms with Gasteiger partial charge in [0, 0.05) is 12.2 Å². The fraction of sp³-hybridized carbons (Fsp3) is 0.462. The summed E-state index contributed by atoms with van der Waals surface area (Å²) in [4.78, 5) is 14.0. The van der Waals surface area contributed by atoms with Crippen molar-refractivity contribution in [2.75, 3.05) is 37.5 Å². The third-order valence-electron chi connectivity index (χ3n) is 2.92. The molecule has 19 heavy (non-hydrogen) atoms. The Morgan fingerprint density at radius 3 is 2.68 bits per heavy atom. The Kier molecular flexibility index (Phi) is 6.11. The van der Waals surface area contributed by atoms with Crippen LogP contribution in [0, 0.1) is 0 Å². The first-order chi connectivity index (χ1) is 9.12. The zero-order valence-electron chi connectivity index (χ0n) is 11.3. The van der Waals surface area contributed by atoms with Crippen LogP contribution < -0.4 is 11.2 Å². The minimum absolute atomic E-state index is 0.243. The number of rotatable bonds is 7. The van der Waals surface area contributed by atoms with Gasteiger partial charge in [0.25, 0.3) is 0 Å². The summed E-state index contributed by atoms with van der Waals surface area (Å²) in [5.41, 5.74) is 8.48. The minimum Gasteiger partial charge on any atom is -0.461 e. The van der Waals surface area contributed by atoms with E-state index >= 15 is 0 Å². The van der Waals surface area contributed by atoms with Gasteiger partial charge in [-0.05, 0) is 31.3 Å². The molecular weight excluding hydrogens is 246 g/mol. The van der Waals surface area contributed by atoms with Gasteiger partial charge in [0.05, 0.1) is 11.3 Å². The van der Waals surface area contributed by atoms with E-state index in [1.165, 1.54) is 12.1 Å². The van der Waals surface area contributed by atoms with Crippen LogP contribution in [0.25, 0.3) is 0 Å². The number of hydrogen-bond acceptors (Lipinski definition) is 6. The van der Waals surface area contributed by atoms with Crippen LogP contribution in [0.4, 0.5) is 11.4 Å². The van der Waals surface area contributed by atoms with E-state index < -0.39 is 5.97 Å². The zero-order chi connectivity index (χ0) is 14.3. The predicted octanol–water partition coefficient (Wildman–Crippen LogP) is 1.57. The maximum atomic E-state index is 11.9. The lowest BCUT2D eigenvalue weighted by atomic mass is 10.1. The molecule has 0 aliphatic carbocycles. The Balaban J connectivity index is 2.58. The van der Waals surface area contributed by atoms with Crippen LogP contribution in [0.3, 0.4) is 0 Å². The van der Waals surface area contributed by atoms with Crippen LogP contribution in [0.1, 0.15) is 24.2 Å². The van der Waals surface area contributed by atoms with Gasteiger partial charge in [-0.1, -0.05) is 13.8 Å². The highest BCUT2D eigenvalue weighted by Crippen LogP contribution is 2.19. The van der Waals surface area contributed by atoms with Crippen LogP contribution in [0.5, 0.6) is 0 Å². The number of benzene rings is 1. The standard InChI is InChI=1S/C13H21N3O3/c1-3-16(4-2)7-8-19-13(17)11-6-5-10(14)9-12(11)15-18/h5-6,9,15,18H,3-4,7-8,14H2,1-2H3. The van der Waals surface area contributed by atoms with Gasteiger partial charge in [-0.25, -0.2) is 4.79 Å². The molecule has 4 N–H and O–H groups in total. The van der Waals surface area contributed by atoms with Gasteiger partial charge in [-0.3, -0.25) is 10.7 Å². The topological polar surface area (TPSA) is 87.8 Å². The van der Waals surface area contributed by atoms with Gasteiger partial charge in [-0.15, -0.1) is 0 Å². The van der Waals surface area contributed by atoms with Crippen LogP contribution in [0.15, 0.2) is 18.2 Å². The number of nitrogens with zero attached hydrogens (tertiary/aromatic N) is 1. The SMILES string of the molecule is CCN(CC)CCOC(=O)c1ccc(N)cc1NO. The van der Waals surface area contributed by atoms with Crippen molar-refractivity contribution in [2.24, 2.45) is 0 Å². The number of likely N-dealkylation sites (N-methyl/N-ethyl adjacent to an activating group) is 1. The normalized spacial score (nSPS) is 10.5. The van der Waals surface area contributed by atoms with Gasteiger partial charge >= 0.3 is 5.97 Å². The summed E-state index contributed by atoms with van der Waals surface area (Å²) < 4.78 is 5.17. The van der Waals surface area contributed by atoms with Crippen molar-refractivity contribution in [1.29, 1.82) is 0 Å². The van der Waals surface area contributed by atoms with Crippen molar-refractivity contribution < 1.29 is 14.7 Å². The van der Waals surface area contributed by atoms with Gasteiger partial charge < -0.3 is 15.4 Å². The smallest absolute Gasteiger partial charge is 0.340 e. The van der Waals surface area contributed by atoms with Crippen molar-refractivity contribution in [3.8, 4) is 0 Å². The van der Waals surface area contributed by atoms with Gasteiger partial charge in [0.2, 0.25) is 0 Å². The van der Waals surface area contributed by atoms with E-state index in [0.717, 1.165) is 13.1 Å². The number of nitrogens with two attached hydrogens (primary N) is 1. The average Bonchev–Trinajstić information content (AvgIpc) is 2.43. The van der Waals surface area contributed by atoms with Crippen LogP contribution >= 0.6 is 0 Å². The molecule has 6 heteroatoms. The second-order valence-electron chi connectivity index (χ2n) is 4.08. The molecule has 0 bridgehead atoms. The lowest BCUT2D eigenvalue weighted by Gasteiger charge is -2.17. The summed E-state index contributed by atoms with van der Waals surface area (Å²) in [6.45, 7) is 6.95. The van der Waals surface area contributed by atoms with Crippen LogP contribution in [-0.4, -0.2) is 42.3 Å². The van der Waals surface area contributed by atoms with Gasteiger partial charge in [0.15, 0.2) is 0 Å². The maximum absolute atomic E-state index is 11.9. The molecule has 0 aliphatic heterocycles. The number of anilines is 2. The van der Waals surface area contributed by atoms with Crippen LogP contribution in [-0.2, 0) is 4.74 Å². The third kappa shape index (κ3) is 4.42. The number of esters is 1. The number of hydrogen-bond donors (Lipinski definition) is 3. The van der Waals surface area contributed by atoms with E-state index in [1.54, 1.807) is 6.07 Å². The van der Waals surface area contributed by atoms with Crippen molar-refractivity contribution in [2.45, 2.75) is 13.8 Å². The molecule has 1 aromatic rings. The highest BCUT2D eigenvalue weighted by atomic mass is 16.5. The maximum Gasteiger partial charge on any atom is 0.340 e. The Morgan fingerprint density at radius 2 is 2.11 bits per heavy atom. The second-order valence-corrected chi connectivity index (χ2v) is 4.08. The average molecular weight is 267 g/mol. The van der Waals surface area contributed by atoms with E-state index in [9.17, 15) is 4.79 Å². The Bertz CT molecular complexity index is 420. The highest BCUT2D eigenvalue weighted by molar-refractivity contribution is 5.96. The van der Waals surface area contributed by atoms with E-state index in [1.807, 2.05) is 5.48 Å². The molecule has 6 nitrogen and oxygen atoms in total. The molecule has 0 amide bonds. The Hall–Kier alpha value is -1.79. The molecule has 106 valence electrons. The molecule has 0 spiro atoms. The van der Waals surface area contributed by atoms with Gasteiger partial charge in [-0.2, -0.15) is 0 Å². The summed E-state index contributed by atoms with van der Waals surface area (Å²) in [7, 11) is 0. The van der Waals surface area contributed by atoms with Crippen molar-refractivity contribution >= 4 is 17.3 Å². The molecule has 1 aromatic carbocycles. The number of nitrogens with one attached hydrogen (secondary N) is 1. The summed E-state index contributed by atoms with van der Waals surface area (Å²) >= 11 is 0. The first kappa shape index (κ1) is 15.3. The molecule has 0 unspecified atom stereocenters. The second kappa shape index (κ2) is 7.60. The predicted molar refractivity (Wildman–Crippen MR) is 74.3 cm³/mol. The number of carbonyl (C=O) groups is 1. The van der Waals surface area contributed by atoms with E-state index in [4.69, 9.17) is 15.7 Å². The summed E-state index contributed by atoms with van der Waals surface area (Å²) in [5.74, 6) is -0.483. The highest BCUT2D eigenvalue weighted by Gasteiger charge is 2.13. The zero-order valence-corrected chi connectivity index (χ0v) is 11.3. The molecule has 0 aromatic heterocycles. The Morgan fingerprint density at radius 1 is 1.42 bits per heavy atom. The summed E-state index contributed by atoms with van der Waals surface area (Å²) in [6.07, 6.45) is 0. The quantitative estimate of drug-likeness (QED) is 0.395. The minimum atomic E-state index is -0.483. The molecule has 0 radical (unpaired) electrons. The lowest BCUT2D eigenvalue weighted by molar-refractivity contribution is 0.0467. The molecule has 0 heterocycles. The first-order valence-electron chi connectivity index (χ1n) is 6.31. The third-order valence-corrected chi connectivity index (χ3v) is 2.92. The number of ether oxygens (including phenoxy) is 1. The summed E-state index contributed by atoms with van der Waals surface area (Å²) in [5, 5.41) is 8.96. The Labute approximate surface area is 113 Å². The molecular formula is C13H21N3O3. The summed E-state index contributed by atoms with van der Waals surface area (Å²) in [6, 6.07) is 4.58. The molecule has 0 saturated carbocycles. The van der Waals surface area contributed by atoms with E-state index in [-0.39, 0.29) is 11.3 Å². The molecule has 0 saturated heterocycles. The molecule has 1 rings (SSSR count). The van der Waals surface area contributed by atoms with Crippen LogP contribution in [0.2, 0.25) is 0 Å². The number of carbonyl (C=O) groups excluding carboxylic acids is 1. The van der Waals surface area contributed by atoms with Crippen molar-refractivity contribution in [3.63, 3.8) is 0 Å². The van der Waals surface area contributed by atoms with E-state index in [2.05, 4.69) is 18.7 Å². The molecule has 0 aliphatic rings. The monoisotopic (exact) mass is 267 g/mol. The van der Waals surface area contributed by atoms with E-state index in [0.29, 0.717) is 18.8 Å². The fourth-order valence-corrected chi connectivity index (χ4v) is 1.72. The van der Waals surface area contributed by atoms with Crippen molar-refractivity contribution in [3.05, 3.63) is 23.8 Å². The number of nitrogen functional groups attached to an aromatic ring is 1. The van der Waals surface area contributed by atoms with Gasteiger partial charge in [0.1, 0.15) is 6.61 Å². The lowest BCUT2D eigenvalue weighted by Crippen LogP contribution is -2.28. The fourth-order valence-electron chi connectivity index (χ4n) is 1.72.